The van der Waals surface area contributed by atoms with Gasteiger partial charge in [-0.2, -0.15) is 0 Å². The van der Waals surface area contributed by atoms with Gasteiger partial charge in [-0.1, -0.05) is 56.3 Å². The molecule has 1 amide bonds. The quantitative estimate of drug-likeness (QED) is 0.891. The van der Waals surface area contributed by atoms with E-state index in [2.05, 4.69) is 35.6 Å². The maximum atomic E-state index is 12.3. The first-order chi connectivity index (χ1) is 11.0. The molecule has 2 aromatic carbocycles. The van der Waals surface area contributed by atoms with Gasteiger partial charge in [0, 0.05) is 5.92 Å². The molecule has 2 aromatic rings. The molecular formula is C19H21NO3. The Bertz CT molecular complexity index is 753. The minimum Gasteiger partial charge on any atom is -0.480 e. The van der Waals surface area contributed by atoms with Gasteiger partial charge in [0.15, 0.2) is 0 Å². The average Bonchev–Trinajstić information content (AvgIpc) is 3.32. The van der Waals surface area contributed by atoms with Crippen LogP contribution in [0, 0.1) is 11.8 Å². The molecule has 0 aromatic heterocycles. The van der Waals surface area contributed by atoms with E-state index in [9.17, 15) is 14.7 Å². The molecule has 0 saturated heterocycles. The van der Waals surface area contributed by atoms with Crippen molar-refractivity contribution in [3.63, 3.8) is 0 Å². The summed E-state index contributed by atoms with van der Waals surface area (Å²) in [7, 11) is 0. The number of carbonyl (C=O) groups excluding carboxylic acids is 1. The Hall–Kier alpha value is -2.36. The molecular weight excluding hydrogens is 290 g/mol. The number of carbonyl (C=O) groups is 2. The molecule has 4 heteroatoms. The summed E-state index contributed by atoms with van der Waals surface area (Å²) in [5.74, 6) is -1.17. The first-order valence-electron chi connectivity index (χ1n) is 7.99. The van der Waals surface area contributed by atoms with Crippen LogP contribution in [-0.2, 0) is 9.59 Å². The van der Waals surface area contributed by atoms with Crippen molar-refractivity contribution in [2.75, 3.05) is 0 Å². The van der Waals surface area contributed by atoms with Crippen LogP contribution >= 0.6 is 0 Å². The summed E-state index contributed by atoms with van der Waals surface area (Å²) in [6.07, 6.45) is 0.786. The molecule has 2 N–H and O–H groups in total. The third kappa shape index (κ3) is 3.21. The topological polar surface area (TPSA) is 66.4 Å². The van der Waals surface area contributed by atoms with Crippen LogP contribution < -0.4 is 5.32 Å². The number of carboxylic acid groups (broad SMARTS) is 1. The van der Waals surface area contributed by atoms with Crippen LogP contribution in [0.2, 0.25) is 0 Å². The summed E-state index contributed by atoms with van der Waals surface area (Å²) in [6, 6.07) is 13.6. The number of fused-ring (bicyclic) bond motifs is 1. The van der Waals surface area contributed by atoms with Gasteiger partial charge < -0.3 is 10.4 Å². The largest absolute Gasteiger partial charge is 0.480 e. The summed E-state index contributed by atoms with van der Waals surface area (Å²) in [4.78, 5) is 23.5. The van der Waals surface area contributed by atoms with Gasteiger partial charge in [-0.25, -0.2) is 4.79 Å². The molecule has 4 nitrogen and oxygen atoms in total. The van der Waals surface area contributed by atoms with Crippen molar-refractivity contribution in [3.8, 4) is 0 Å². The first-order valence-corrected chi connectivity index (χ1v) is 7.99. The highest BCUT2D eigenvalue weighted by Crippen LogP contribution is 2.48. The SMILES string of the molecule is CC(C)C(NC(=O)C1CC1c1ccc2ccccc2c1)C(=O)O. The Morgan fingerprint density at radius 1 is 1.13 bits per heavy atom. The van der Waals surface area contributed by atoms with Gasteiger partial charge in [-0.15, -0.1) is 0 Å². The van der Waals surface area contributed by atoms with E-state index >= 15 is 0 Å². The van der Waals surface area contributed by atoms with E-state index in [1.54, 1.807) is 13.8 Å². The zero-order chi connectivity index (χ0) is 16.6. The van der Waals surface area contributed by atoms with Crippen LogP contribution in [-0.4, -0.2) is 23.0 Å². The highest BCUT2D eigenvalue weighted by Gasteiger charge is 2.45. The Morgan fingerprint density at radius 3 is 2.48 bits per heavy atom. The van der Waals surface area contributed by atoms with Crippen LogP contribution in [0.3, 0.4) is 0 Å². The van der Waals surface area contributed by atoms with Crippen LogP contribution in [0.25, 0.3) is 10.8 Å². The smallest absolute Gasteiger partial charge is 0.326 e. The fraction of sp³-hybridized carbons (Fsp3) is 0.368. The maximum absolute atomic E-state index is 12.3. The third-order valence-corrected chi connectivity index (χ3v) is 4.56. The highest BCUT2D eigenvalue weighted by atomic mass is 16.4. The second-order valence-corrected chi connectivity index (χ2v) is 6.62. The standard InChI is InChI=1S/C19H21NO3/c1-11(2)17(19(22)23)20-18(21)16-10-15(16)14-8-7-12-5-3-4-6-13(12)9-14/h3-9,11,15-17H,10H2,1-2H3,(H,20,21)(H,22,23). The number of hydrogen-bond donors (Lipinski definition) is 2. The number of nitrogens with one attached hydrogen (secondary N) is 1. The van der Waals surface area contributed by atoms with Crippen molar-refractivity contribution >= 4 is 22.6 Å². The molecule has 3 unspecified atom stereocenters. The van der Waals surface area contributed by atoms with E-state index in [0.717, 1.165) is 12.0 Å². The molecule has 1 fully saturated rings. The predicted molar refractivity (Wildman–Crippen MR) is 89.2 cm³/mol. The van der Waals surface area contributed by atoms with Crippen molar-refractivity contribution in [3.05, 3.63) is 48.0 Å². The zero-order valence-corrected chi connectivity index (χ0v) is 13.3. The van der Waals surface area contributed by atoms with Crippen LogP contribution in [0.1, 0.15) is 31.7 Å². The molecule has 1 aliphatic carbocycles. The monoisotopic (exact) mass is 311 g/mol. The van der Waals surface area contributed by atoms with Gasteiger partial charge >= 0.3 is 5.97 Å². The van der Waals surface area contributed by atoms with Gasteiger partial charge in [-0.05, 0) is 34.6 Å². The van der Waals surface area contributed by atoms with E-state index in [1.807, 2.05) is 12.1 Å². The Labute approximate surface area is 135 Å². The lowest BCUT2D eigenvalue weighted by Crippen LogP contribution is -2.45. The van der Waals surface area contributed by atoms with E-state index < -0.39 is 12.0 Å². The highest BCUT2D eigenvalue weighted by molar-refractivity contribution is 5.88. The number of benzene rings is 2. The van der Waals surface area contributed by atoms with E-state index in [-0.39, 0.29) is 23.7 Å². The van der Waals surface area contributed by atoms with Crippen molar-refractivity contribution in [1.29, 1.82) is 0 Å². The fourth-order valence-electron chi connectivity index (χ4n) is 3.07. The summed E-state index contributed by atoms with van der Waals surface area (Å²) >= 11 is 0. The lowest BCUT2D eigenvalue weighted by Gasteiger charge is -2.17. The normalized spacial score (nSPS) is 21.2. The second-order valence-electron chi connectivity index (χ2n) is 6.62. The van der Waals surface area contributed by atoms with Gasteiger partial charge in [0.25, 0.3) is 0 Å². The maximum Gasteiger partial charge on any atom is 0.326 e. The Balaban J connectivity index is 1.70. The molecule has 3 atom stereocenters. The number of aliphatic carboxylic acids is 1. The first kappa shape index (κ1) is 15.5. The fourth-order valence-corrected chi connectivity index (χ4v) is 3.07. The molecule has 0 aliphatic heterocycles. The van der Waals surface area contributed by atoms with Crippen LogP contribution in [0.5, 0.6) is 0 Å². The molecule has 0 bridgehead atoms. The van der Waals surface area contributed by atoms with Gasteiger partial charge in [-0.3, -0.25) is 4.79 Å². The molecule has 23 heavy (non-hydrogen) atoms. The van der Waals surface area contributed by atoms with Gasteiger partial charge in [0.2, 0.25) is 5.91 Å². The van der Waals surface area contributed by atoms with Crippen molar-refractivity contribution in [2.24, 2.45) is 11.8 Å². The average molecular weight is 311 g/mol. The lowest BCUT2D eigenvalue weighted by molar-refractivity contribution is -0.143. The molecule has 120 valence electrons. The third-order valence-electron chi connectivity index (χ3n) is 4.56. The summed E-state index contributed by atoms with van der Waals surface area (Å²) in [5.41, 5.74) is 1.15. The summed E-state index contributed by atoms with van der Waals surface area (Å²) < 4.78 is 0. The van der Waals surface area contributed by atoms with Crippen molar-refractivity contribution < 1.29 is 14.7 Å². The van der Waals surface area contributed by atoms with E-state index in [0.29, 0.717) is 0 Å². The number of amides is 1. The summed E-state index contributed by atoms with van der Waals surface area (Å²) in [5, 5.41) is 14.2. The predicted octanol–water partition coefficient (Wildman–Crippen LogP) is 3.17. The minimum atomic E-state index is -0.976. The number of hydrogen-bond acceptors (Lipinski definition) is 2. The van der Waals surface area contributed by atoms with Gasteiger partial charge in [0.05, 0.1) is 0 Å². The molecule has 0 heterocycles. The van der Waals surface area contributed by atoms with Gasteiger partial charge in [0.1, 0.15) is 6.04 Å². The Morgan fingerprint density at radius 2 is 1.83 bits per heavy atom. The number of carboxylic acids is 1. The van der Waals surface area contributed by atoms with Crippen LogP contribution in [0.15, 0.2) is 42.5 Å². The van der Waals surface area contributed by atoms with Crippen molar-refractivity contribution in [1.82, 2.24) is 5.32 Å². The summed E-state index contributed by atoms with van der Waals surface area (Å²) in [6.45, 7) is 3.60. The minimum absolute atomic E-state index is 0.114. The molecule has 3 rings (SSSR count). The van der Waals surface area contributed by atoms with E-state index in [1.165, 1.54) is 10.8 Å². The molecule has 0 radical (unpaired) electrons. The molecule has 1 aliphatic rings. The lowest BCUT2D eigenvalue weighted by atomic mass is 10.0. The molecule has 1 saturated carbocycles. The second kappa shape index (κ2) is 6.03. The van der Waals surface area contributed by atoms with Crippen molar-refractivity contribution in [2.45, 2.75) is 32.2 Å². The molecule has 0 spiro atoms. The zero-order valence-electron chi connectivity index (χ0n) is 13.3. The van der Waals surface area contributed by atoms with E-state index in [4.69, 9.17) is 0 Å². The number of rotatable bonds is 5. The van der Waals surface area contributed by atoms with Crippen LogP contribution in [0.4, 0.5) is 0 Å². The Kier molecular flexibility index (Phi) is 4.07.